The zero-order chi connectivity index (χ0) is 27.8. The second-order valence-corrected chi connectivity index (χ2v) is 9.60. The number of nitrogens with one attached hydrogen (secondary N) is 3. The van der Waals surface area contributed by atoms with E-state index in [1.807, 2.05) is 24.3 Å². The van der Waals surface area contributed by atoms with Crippen LogP contribution in [0.1, 0.15) is 11.1 Å². The minimum Gasteiger partial charge on any atom is -0.321 e. The van der Waals surface area contributed by atoms with Crippen molar-refractivity contribution in [1.82, 2.24) is 40.4 Å². The average Bonchev–Trinajstić information content (AvgIpc) is 3.63. The molecule has 5 aromatic heterocycles. The summed E-state index contributed by atoms with van der Waals surface area (Å²) in [5, 5.41) is 10.7. The minimum absolute atomic E-state index is 0.196. The van der Waals surface area contributed by atoms with Gasteiger partial charge < -0.3 is 10.3 Å². The number of H-pyrrole nitrogens is 2. The summed E-state index contributed by atoms with van der Waals surface area (Å²) in [6.45, 7) is 1.28. The Bertz CT molecular complexity index is 2020. The molecule has 7 aromatic rings. The number of aromatic amines is 2. The van der Waals surface area contributed by atoms with Crippen LogP contribution in [0.15, 0.2) is 91.5 Å². The number of hydrogen-bond acceptors (Lipinski definition) is 6. The Hall–Kier alpha value is -5.35. The molecule has 2 aromatic carbocycles. The van der Waals surface area contributed by atoms with Crippen LogP contribution in [0.25, 0.3) is 56.0 Å². The maximum absolute atomic E-state index is 16.1. The Morgan fingerprint density at radius 1 is 0.756 bits per heavy atom. The highest BCUT2D eigenvalue weighted by Crippen LogP contribution is 2.34. The Morgan fingerprint density at radius 2 is 1.63 bits per heavy atom. The lowest BCUT2D eigenvalue weighted by molar-refractivity contribution is 0.628. The molecule has 0 saturated heterocycles. The Balaban J connectivity index is 1.24. The third-order valence-electron chi connectivity index (χ3n) is 6.88. The molecule has 10 heteroatoms. The second-order valence-electron chi connectivity index (χ2n) is 9.60. The highest BCUT2D eigenvalue weighted by molar-refractivity contribution is 5.96. The molecule has 0 spiro atoms. The number of fused-ring (bicyclic) bond motifs is 2. The summed E-state index contributed by atoms with van der Waals surface area (Å²) in [5.41, 5.74) is 5.89. The number of benzene rings is 2. The van der Waals surface area contributed by atoms with Crippen LogP contribution in [0.2, 0.25) is 0 Å². The van der Waals surface area contributed by atoms with E-state index in [2.05, 4.69) is 52.6 Å². The largest absolute Gasteiger partial charge is 0.321 e. The predicted molar refractivity (Wildman–Crippen MR) is 152 cm³/mol. The molecule has 0 atom stereocenters. The van der Waals surface area contributed by atoms with Crippen LogP contribution in [0.3, 0.4) is 0 Å². The molecular weight excluding hydrogens is 522 g/mol. The summed E-state index contributed by atoms with van der Waals surface area (Å²) in [5.74, 6) is -0.529. The van der Waals surface area contributed by atoms with Gasteiger partial charge >= 0.3 is 0 Å². The number of imidazole rings is 1. The van der Waals surface area contributed by atoms with Gasteiger partial charge in [-0.15, -0.1) is 0 Å². The van der Waals surface area contributed by atoms with E-state index in [9.17, 15) is 4.39 Å². The van der Waals surface area contributed by atoms with E-state index in [0.29, 0.717) is 52.3 Å². The lowest BCUT2D eigenvalue weighted by Crippen LogP contribution is -2.12. The molecule has 0 bridgehead atoms. The van der Waals surface area contributed by atoms with Crippen molar-refractivity contribution in [2.24, 2.45) is 0 Å². The minimum atomic E-state index is -0.492. The fraction of sp³-hybridized carbons (Fsp3) is 0.0645. The average molecular weight is 545 g/mol. The van der Waals surface area contributed by atoms with E-state index in [1.165, 1.54) is 23.9 Å². The molecule has 0 saturated carbocycles. The normalized spacial score (nSPS) is 11.5. The molecule has 0 radical (unpaired) electrons. The van der Waals surface area contributed by atoms with Crippen molar-refractivity contribution in [3.63, 3.8) is 0 Å². The van der Waals surface area contributed by atoms with Gasteiger partial charge in [-0.05, 0) is 41.0 Å². The Kier molecular flexibility index (Phi) is 6.21. The van der Waals surface area contributed by atoms with Gasteiger partial charge in [-0.3, -0.25) is 10.1 Å². The number of hydrogen-bond donors (Lipinski definition) is 3. The van der Waals surface area contributed by atoms with Crippen molar-refractivity contribution >= 4 is 22.2 Å². The fourth-order valence-corrected chi connectivity index (χ4v) is 4.92. The molecule has 7 rings (SSSR count). The highest BCUT2D eigenvalue weighted by Gasteiger charge is 2.21. The van der Waals surface area contributed by atoms with Gasteiger partial charge in [-0.25, -0.2) is 23.7 Å². The summed E-state index contributed by atoms with van der Waals surface area (Å²) in [4.78, 5) is 21.0. The molecule has 0 unspecified atom stereocenters. The SMILES string of the molecule is Fc1cccc(-c2ccnc3[nH]c(-c4n[nH]c5ncc(-c6cncc(CNCc7ccccc7)c6)c(F)c45)nc23)c1. The van der Waals surface area contributed by atoms with Crippen LogP contribution in [0.5, 0.6) is 0 Å². The topological polar surface area (TPSA) is 108 Å². The van der Waals surface area contributed by atoms with Crippen molar-refractivity contribution in [1.29, 1.82) is 0 Å². The molecule has 5 heterocycles. The van der Waals surface area contributed by atoms with Crippen molar-refractivity contribution < 1.29 is 8.78 Å². The summed E-state index contributed by atoms with van der Waals surface area (Å²) in [6, 6.07) is 20.0. The van der Waals surface area contributed by atoms with Gasteiger partial charge in [0.25, 0.3) is 0 Å². The molecule has 0 aliphatic heterocycles. The van der Waals surface area contributed by atoms with Gasteiger partial charge in [0, 0.05) is 54.6 Å². The number of nitrogens with zero attached hydrogens (tertiary/aromatic N) is 5. The molecule has 0 aliphatic carbocycles. The Morgan fingerprint density at radius 3 is 2.51 bits per heavy atom. The lowest BCUT2D eigenvalue weighted by atomic mass is 10.1. The van der Waals surface area contributed by atoms with Gasteiger partial charge in [0.05, 0.1) is 5.39 Å². The highest BCUT2D eigenvalue weighted by atomic mass is 19.1. The molecule has 8 nitrogen and oxygen atoms in total. The van der Waals surface area contributed by atoms with Gasteiger partial charge in [0.2, 0.25) is 0 Å². The zero-order valence-electron chi connectivity index (χ0n) is 21.6. The predicted octanol–water partition coefficient (Wildman–Crippen LogP) is 6.19. The third-order valence-corrected chi connectivity index (χ3v) is 6.88. The summed E-state index contributed by atoms with van der Waals surface area (Å²) >= 11 is 0. The fourth-order valence-electron chi connectivity index (χ4n) is 4.92. The first-order valence-electron chi connectivity index (χ1n) is 13.0. The number of rotatable bonds is 7. The number of aromatic nitrogens is 7. The maximum atomic E-state index is 16.1. The second kappa shape index (κ2) is 10.3. The van der Waals surface area contributed by atoms with E-state index in [-0.39, 0.29) is 22.5 Å². The van der Waals surface area contributed by atoms with Crippen LogP contribution in [0.4, 0.5) is 8.78 Å². The van der Waals surface area contributed by atoms with E-state index in [1.54, 1.807) is 36.8 Å². The number of halogens is 2. The standard InChI is InChI=1S/C31H22F2N8/c32-22-8-4-7-20(12-22)23-9-10-36-30-27(23)38-31(39-30)28-25-26(33)24(17-37-29(25)41-40-28)21-11-19(15-35-16-21)14-34-13-18-5-2-1-3-6-18/h1-12,15-17,34H,13-14H2,(H,36,38,39)(H,37,40,41). The molecule has 41 heavy (non-hydrogen) atoms. The maximum Gasteiger partial charge on any atom is 0.161 e. The van der Waals surface area contributed by atoms with Gasteiger partial charge in [0.1, 0.15) is 22.8 Å². The van der Waals surface area contributed by atoms with E-state index < -0.39 is 5.82 Å². The first kappa shape index (κ1) is 24.7. The molecule has 0 fully saturated rings. The van der Waals surface area contributed by atoms with Crippen LogP contribution in [-0.2, 0) is 13.1 Å². The number of pyridine rings is 3. The van der Waals surface area contributed by atoms with E-state index in [4.69, 9.17) is 0 Å². The van der Waals surface area contributed by atoms with Gasteiger partial charge in [-0.1, -0.05) is 42.5 Å². The van der Waals surface area contributed by atoms with Crippen LogP contribution in [-0.4, -0.2) is 35.1 Å². The smallest absolute Gasteiger partial charge is 0.161 e. The van der Waals surface area contributed by atoms with Gasteiger partial charge in [0.15, 0.2) is 17.1 Å². The summed E-state index contributed by atoms with van der Waals surface area (Å²) < 4.78 is 30.1. The Labute approximate surface area is 232 Å². The first-order valence-corrected chi connectivity index (χ1v) is 13.0. The zero-order valence-corrected chi connectivity index (χ0v) is 21.6. The lowest BCUT2D eigenvalue weighted by Gasteiger charge is -2.08. The van der Waals surface area contributed by atoms with E-state index >= 15 is 4.39 Å². The van der Waals surface area contributed by atoms with Crippen molar-refractivity contribution in [2.45, 2.75) is 13.1 Å². The third kappa shape index (κ3) is 4.70. The van der Waals surface area contributed by atoms with E-state index in [0.717, 1.165) is 5.56 Å². The molecule has 0 amide bonds. The van der Waals surface area contributed by atoms with Crippen molar-refractivity contribution in [3.05, 3.63) is 114 Å². The van der Waals surface area contributed by atoms with Crippen LogP contribution >= 0.6 is 0 Å². The summed E-state index contributed by atoms with van der Waals surface area (Å²) in [7, 11) is 0. The van der Waals surface area contributed by atoms with Crippen LogP contribution < -0.4 is 5.32 Å². The van der Waals surface area contributed by atoms with Crippen molar-refractivity contribution in [3.8, 4) is 33.8 Å². The first-order chi connectivity index (χ1) is 20.1. The van der Waals surface area contributed by atoms with Gasteiger partial charge in [-0.2, -0.15) is 5.10 Å². The van der Waals surface area contributed by atoms with Crippen molar-refractivity contribution in [2.75, 3.05) is 0 Å². The molecule has 0 aliphatic rings. The monoisotopic (exact) mass is 544 g/mol. The molecular formula is C31H22F2N8. The summed E-state index contributed by atoms with van der Waals surface area (Å²) in [6.07, 6.45) is 6.46. The van der Waals surface area contributed by atoms with Crippen LogP contribution in [0, 0.1) is 11.6 Å². The molecule has 200 valence electrons. The molecule has 3 N–H and O–H groups in total. The quantitative estimate of drug-likeness (QED) is 0.221.